The number of aliphatic hydroxyl groups is 1. The maximum atomic E-state index is 9.38. The average molecular weight is 216 g/mol. The second kappa shape index (κ2) is 8.08. The van der Waals surface area contributed by atoms with Gasteiger partial charge in [0.05, 0.1) is 6.10 Å². The van der Waals surface area contributed by atoms with Crippen LogP contribution in [0.2, 0.25) is 0 Å². The van der Waals surface area contributed by atoms with Crippen LogP contribution in [0.4, 0.5) is 0 Å². The van der Waals surface area contributed by atoms with E-state index in [1.807, 2.05) is 6.92 Å². The molecule has 0 saturated heterocycles. The Morgan fingerprint density at radius 3 is 2.07 bits per heavy atom. The molecule has 2 atom stereocenters. The summed E-state index contributed by atoms with van der Waals surface area (Å²) in [5.41, 5.74) is 0. The van der Waals surface area contributed by atoms with Crippen LogP contribution in [0.1, 0.15) is 33.6 Å². The van der Waals surface area contributed by atoms with Crippen molar-refractivity contribution in [1.82, 2.24) is 9.80 Å². The van der Waals surface area contributed by atoms with E-state index < -0.39 is 0 Å². The summed E-state index contributed by atoms with van der Waals surface area (Å²) in [6.45, 7) is 9.59. The summed E-state index contributed by atoms with van der Waals surface area (Å²) in [6, 6.07) is 0.477. The van der Waals surface area contributed by atoms with Crippen molar-refractivity contribution in [2.75, 3.05) is 33.7 Å². The Labute approximate surface area is 95.1 Å². The van der Waals surface area contributed by atoms with Crippen molar-refractivity contribution in [2.24, 2.45) is 0 Å². The fourth-order valence-electron chi connectivity index (χ4n) is 1.81. The third kappa shape index (κ3) is 7.77. The molecule has 0 heterocycles. The van der Waals surface area contributed by atoms with E-state index in [2.05, 4.69) is 37.7 Å². The lowest BCUT2D eigenvalue weighted by Crippen LogP contribution is -2.40. The number of hydrogen-bond acceptors (Lipinski definition) is 3. The molecule has 3 nitrogen and oxygen atoms in total. The molecule has 0 fully saturated rings. The standard InChI is InChI=1S/C12H28N2O/c1-6-7-14(9-8-13(4)5)11(2)10-12(3)15/h11-12,15H,6-10H2,1-5H3. The molecular formula is C12H28N2O. The van der Waals surface area contributed by atoms with Crippen LogP contribution >= 0.6 is 0 Å². The molecule has 0 aliphatic rings. The molecule has 0 radical (unpaired) electrons. The normalized spacial score (nSPS) is 16.0. The predicted molar refractivity (Wildman–Crippen MR) is 66.2 cm³/mol. The van der Waals surface area contributed by atoms with Gasteiger partial charge in [-0.25, -0.2) is 0 Å². The molecule has 0 aromatic rings. The molecule has 0 aromatic carbocycles. The number of aliphatic hydroxyl groups excluding tert-OH is 1. The third-order valence-corrected chi connectivity index (χ3v) is 2.65. The van der Waals surface area contributed by atoms with Gasteiger partial charge in [0.1, 0.15) is 0 Å². The van der Waals surface area contributed by atoms with Crippen molar-refractivity contribution in [3.8, 4) is 0 Å². The van der Waals surface area contributed by atoms with Crippen molar-refractivity contribution in [3.05, 3.63) is 0 Å². The summed E-state index contributed by atoms with van der Waals surface area (Å²) >= 11 is 0. The molecule has 0 amide bonds. The Balaban J connectivity index is 3.99. The minimum atomic E-state index is -0.196. The lowest BCUT2D eigenvalue weighted by molar-refractivity contribution is 0.114. The summed E-state index contributed by atoms with van der Waals surface area (Å²) in [5, 5.41) is 9.38. The monoisotopic (exact) mass is 216 g/mol. The zero-order chi connectivity index (χ0) is 11.8. The molecule has 1 N–H and O–H groups in total. The molecule has 2 unspecified atom stereocenters. The van der Waals surface area contributed by atoms with Crippen LogP contribution in [0.25, 0.3) is 0 Å². The summed E-state index contributed by atoms with van der Waals surface area (Å²) in [4.78, 5) is 4.67. The van der Waals surface area contributed by atoms with Gasteiger partial charge in [-0.1, -0.05) is 6.92 Å². The molecule has 0 saturated carbocycles. The second-order valence-electron chi connectivity index (χ2n) is 4.77. The highest BCUT2D eigenvalue weighted by atomic mass is 16.3. The first-order chi connectivity index (χ1) is 6.97. The quantitative estimate of drug-likeness (QED) is 0.665. The topological polar surface area (TPSA) is 26.7 Å². The van der Waals surface area contributed by atoms with E-state index >= 15 is 0 Å². The lowest BCUT2D eigenvalue weighted by Gasteiger charge is -2.30. The Kier molecular flexibility index (Phi) is 8.02. The second-order valence-corrected chi connectivity index (χ2v) is 4.77. The maximum absolute atomic E-state index is 9.38. The maximum Gasteiger partial charge on any atom is 0.0526 e. The first kappa shape index (κ1) is 14.9. The van der Waals surface area contributed by atoms with Crippen molar-refractivity contribution >= 4 is 0 Å². The molecule has 0 aromatic heterocycles. The van der Waals surface area contributed by atoms with Crippen LogP contribution < -0.4 is 0 Å². The van der Waals surface area contributed by atoms with E-state index in [0.29, 0.717) is 6.04 Å². The van der Waals surface area contributed by atoms with Crippen LogP contribution in [0, 0.1) is 0 Å². The van der Waals surface area contributed by atoms with Gasteiger partial charge in [0.2, 0.25) is 0 Å². The molecule has 0 bridgehead atoms. The van der Waals surface area contributed by atoms with Crippen molar-refractivity contribution in [1.29, 1.82) is 0 Å². The minimum absolute atomic E-state index is 0.196. The van der Waals surface area contributed by atoms with Gasteiger partial charge >= 0.3 is 0 Å². The van der Waals surface area contributed by atoms with Gasteiger partial charge in [0, 0.05) is 19.1 Å². The number of likely N-dealkylation sites (N-methyl/N-ethyl adjacent to an activating group) is 1. The molecule has 0 rings (SSSR count). The lowest BCUT2D eigenvalue weighted by atomic mass is 10.1. The molecule has 0 aliphatic carbocycles. The van der Waals surface area contributed by atoms with Crippen molar-refractivity contribution < 1.29 is 5.11 Å². The van der Waals surface area contributed by atoms with Crippen LogP contribution in [-0.2, 0) is 0 Å². The van der Waals surface area contributed by atoms with Gasteiger partial charge in [-0.05, 0) is 47.3 Å². The molecule has 3 heteroatoms. The van der Waals surface area contributed by atoms with E-state index in [4.69, 9.17) is 0 Å². The number of rotatable bonds is 8. The average Bonchev–Trinajstić information content (AvgIpc) is 2.10. The van der Waals surface area contributed by atoms with E-state index in [1.165, 1.54) is 6.42 Å². The highest BCUT2D eigenvalue weighted by Crippen LogP contribution is 2.07. The van der Waals surface area contributed by atoms with Crippen LogP contribution in [0.15, 0.2) is 0 Å². The summed E-state index contributed by atoms with van der Waals surface area (Å²) in [6.07, 6.45) is 1.85. The van der Waals surface area contributed by atoms with Crippen molar-refractivity contribution in [3.63, 3.8) is 0 Å². The molecular weight excluding hydrogens is 188 g/mol. The molecule has 15 heavy (non-hydrogen) atoms. The molecule has 0 aliphatic heterocycles. The number of hydrogen-bond donors (Lipinski definition) is 1. The van der Waals surface area contributed by atoms with Gasteiger partial charge in [0.15, 0.2) is 0 Å². The Morgan fingerprint density at radius 1 is 1.07 bits per heavy atom. The summed E-state index contributed by atoms with van der Waals surface area (Å²) in [5.74, 6) is 0. The van der Waals surface area contributed by atoms with Crippen LogP contribution in [0.3, 0.4) is 0 Å². The molecule has 92 valence electrons. The van der Waals surface area contributed by atoms with E-state index in [-0.39, 0.29) is 6.10 Å². The SMILES string of the molecule is CCCN(CCN(C)C)C(C)CC(C)O. The highest BCUT2D eigenvalue weighted by molar-refractivity contribution is 4.70. The first-order valence-electron chi connectivity index (χ1n) is 6.04. The van der Waals surface area contributed by atoms with Crippen LogP contribution in [-0.4, -0.2) is 60.8 Å². The minimum Gasteiger partial charge on any atom is -0.393 e. The summed E-state index contributed by atoms with van der Waals surface area (Å²) in [7, 11) is 4.20. The van der Waals surface area contributed by atoms with E-state index in [9.17, 15) is 5.11 Å². The first-order valence-corrected chi connectivity index (χ1v) is 6.04. The van der Waals surface area contributed by atoms with Crippen molar-refractivity contribution in [2.45, 2.75) is 45.8 Å². The Hall–Kier alpha value is -0.120. The zero-order valence-electron chi connectivity index (χ0n) is 11.0. The zero-order valence-corrected chi connectivity index (χ0v) is 11.0. The fraction of sp³-hybridized carbons (Fsp3) is 1.00. The highest BCUT2D eigenvalue weighted by Gasteiger charge is 2.14. The molecule has 0 spiro atoms. The Bertz CT molecular complexity index is 149. The largest absolute Gasteiger partial charge is 0.393 e. The van der Waals surface area contributed by atoms with Gasteiger partial charge in [-0.15, -0.1) is 0 Å². The summed E-state index contributed by atoms with van der Waals surface area (Å²) < 4.78 is 0. The van der Waals surface area contributed by atoms with Gasteiger partial charge in [-0.2, -0.15) is 0 Å². The Morgan fingerprint density at radius 2 is 1.67 bits per heavy atom. The number of nitrogens with zero attached hydrogens (tertiary/aromatic N) is 2. The fourth-order valence-corrected chi connectivity index (χ4v) is 1.81. The predicted octanol–water partition coefficient (Wildman–Crippen LogP) is 1.42. The van der Waals surface area contributed by atoms with Crippen LogP contribution in [0.5, 0.6) is 0 Å². The van der Waals surface area contributed by atoms with Gasteiger partial charge in [0.25, 0.3) is 0 Å². The van der Waals surface area contributed by atoms with E-state index in [1.54, 1.807) is 0 Å². The smallest absolute Gasteiger partial charge is 0.0526 e. The van der Waals surface area contributed by atoms with Gasteiger partial charge in [-0.3, -0.25) is 4.90 Å². The van der Waals surface area contributed by atoms with E-state index in [0.717, 1.165) is 26.1 Å². The van der Waals surface area contributed by atoms with Gasteiger partial charge < -0.3 is 10.0 Å². The third-order valence-electron chi connectivity index (χ3n) is 2.65.